The zero-order valence-electron chi connectivity index (χ0n) is 9.75. The molecule has 0 radical (unpaired) electrons. The second-order valence-electron chi connectivity index (χ2n) is 3.97. The molecule has 0 fully saturated rings. The van der Waals surface area contributed by atoms with Crippen LogP contribution in [-0.2, 0) is 4.74 Å². The SMILES string of the molecule is CCOC(C)(C)CNc1ncnc(Cl)c1N. The molecule has 0 amide bonds. The lowest BCUT2D eigenvalue weighted by atomic mass is 10.1. The molecule has 1 rings (SSSR count). The lowest BCUT2D eigenvalue weighted by molar-refractivity contribution is 0.000653. The van der Waals surface area contributed by atoms with Crippen LogP contribution in [0.4, 0.5) is 11.5 Å². The van der Waals surface area contributed by atoms with Gasteiger partial charge in [0, 0.05) is 13.2 Å². The Hall–Kier alpha value is -1.07. The van der Waals surface area contributed by atoms with E-state index in [9.17, 15) is 0 Å². The van der Waals surface area contributed by atoms with Crippen molar-refractivity contribution in [3.63, 3.8) is 0 Å². The number of ether oxygens (including phenoxy) is 1. The number of aromatic nitrogens is 2. The second-order valence-corrected chi connectivity index (χ2v) is 4.33. The fourth-order valence-corrected chi connectivity index (χ4v) is 1.39. The smallest absolute Gasteiger partial charge is 0.157 e. The van der Waals surface area contributed by atoms with Gasteiger partial charge in [-0.05, 0) is 20.8 Å². The van der Waals surface area contributed by atoms with Gasteiger partial charge >= 0.3 is 0 Å². The first-order valence-corrected chi connectivity index (χ1v) is 5.48. The van der Waals surface area contributed by atoms with Gasteiger partial charge in [-0.1, -0.05) is 11.6 Å². The van der Waals surface area contributed by atoms with E-state index in [2.05, 4.69) is 15.3 Å². The summed E-state index contributed by atoms with van der Waals surface area (Å²) in [6.45, 7) is 7.19. The van der Waals surface area contributed by atoms with Gasteiger partial charge in [0.05, 0.1) is 5.60 Å². The van der Waals surface area contributed by atoms with Gasteiger partial charge in [-0.2, -0.15) is 0 Å². The van der Waals surface area contributed by atoms with Gasteiger partial charge < -0.3 is 15.8 Å². The van der Waals surface area contributed by atoms with Gasteiger partial charge in [-0.25, -0.2) is 9.97 Å². The minimum Gasteiger partial charge on any atom is -0.393 e. The standard InChI is InChI=1S/C10H17ClN4O/c1-4-16-10(2,3)5-13-9-7(12)8(11)14-6-15-9/h6H,4-5,12H2,1-3H3,(H,13,14,15). The highest BCUT2D eigenvalue weighted by Crippen LogP contribution is 2.22. The molecule has 0 aliphatic carbocycles. The van der Waals surface area contributed by atoms with Gasteiger partial charge in [-0.15, -0.1) is 0 Å². The Morgan fingerprint density at radius 3 is 2.81 bits per heavy atom. The molecule has 16 heavy (non-hydrogen) atoms. The Labute approximate surface area is 100 Å². The third-order valence-electron chi connectivity index (χ3n) is 2.05. The molecule has 0 unspecified atom stereocenters. The molecule has 6 heteroatoms. The van der Waals surface area contributed by atoms with Crippen LogP contribution < -0.4 is 11.1 Å². The monoisotopic (exact) mass is 244 g/mol. The van der Waals surface area contributed by atoms with Gasteiger partial charge in [0.1, 0.15) is 12.0 Å². The lowest BCUT2D eigenvalue weighted by Gasteiger charge is -2.25. The Kier molecular flexibility index (Phi) is 4.32. The predicted molar refractivity (Wildman–Crippen MR) is 65.6 cm³/mol. The van der Waals surface area contributed by atoms with Gasteiger partial charge in [0.15, 0.2) is 11.0 Å². The average Bonchev–Trinajstić information content (AvgIpc) is 2.20. The fraction of sp³-hybridized carbons (Fsp3) is 0.600. The van der Waals surface area contributed by atoms with Crippen LogP contribution in [0.1, 0.15) is 20.8 Å². The van der Waals surface area contributed by atoms with Crippen molar-refractivity contribution in [3.05, 3.63) is 11.5 Å². The Bertz CT molecular complexity index is 357. The van der Waals surface area contributed by atoms with E-state index >= 15 is 0 Å². The van der Waals surface area contributed by atoms with Crippen molar-refractivity contribution in [2.75, 3.05) is 24.2 Å². The Balaban J connectivity index is 2.64. The molecule has 0 aromatic carbocycles. The van der Waals surface area contributed by atoms with Gasteiger partial charge in [-0.3, -0.25) is 0 Å². The normalized spacial score (nSPS) is 11.5. The van der Waals surface area contributed by atoms with Crippen LogP contribution in [0.3, 0.4) is 0 Å². The molecular weight excluding hydrogens is 228 g/mol. The van der Waals surface area contributed by atoms with Crippen LogP contribution in [-0.4, -0.2) is 28.7 Å². The van der Waals surface area contributed by atoms with E-state index in [0.29, 0.717) is 24.7 Å². The summed E-state index contributed by atoms with van der Waals surface area (Å²) < 4.78 is 5.54. The van der Waals surface area contributed by atoms with E-state index in [1.807, 2.05) is 20.8 Å². The molecule has 0 aliphatic rings. The van der Waals surface area contributed by atoms with Crippen molar-refractivity contribution in [1.29, 1.82) is 0 Å². The van der Waals surface area contributed by atoms with Crippen molar-refractivity contribution >= 4 is 23.1 Å². The molecule has 0 bridgehead atoms. The maximum atomic E-state index is 5.78. The summed E-state index contributed by atoms with van der Waals surface area (Å²) in [6.07, 6.45) is 1.37. The van der Waals surface area contributed by atoms with Crippen LogP contribution in [0.25, 0.3) is 0 Å². The highest BCUT2D eigenvalue weighted by Gasteiger charge is 2.18. The number of halogens is 1. The van der Waals surface area contributed by atoms with E-state index in [-0.39, 0.29) is 10.8 Å². The second kappa shape index (κ2) is 5.32. The topological polar surface area (TPSA) is 73.1 Å². The molecule has 1 aromatic heterocycles. The summed E-state index contributed by atoms with van der Waals surface area (Å²) in [5, 5.41) is 3.35. The zero-order valence-corrected chi connectivity index (χ0v) is 10.5. The van der Waals surface area contributed by atoms with Crippen molar-refractivity contribution in [2.24, 2.45) is 0 Å². The maximum absolute atomic E-state index is 5.78. The number of nitrogen functional groups attached to an aromatic ring is 1. The quantitative estimate of drug-likeness (QED) is 0.775. The number of hydrogen-bond donors (Lipinski definition) is 2. The highest BCUT2D eigenvalue weighted by atomic mass is 35.5. The first-order chi connectivity index (χ1) is 7.46. The van der Waals surface area contributed by atoms with Crippen LogP contribution in [0, 0.1) is 0 Å². The molecule has 0 spiro atoms. The molecule has 1 aromatic rings. The van der Waals surface area contributed by atoms with E-state index in [4.69, 9.17) is 22.1 Å². The van der Waals surface area contributed by atoms with E-state index < -0.39 is 0 Å². The number of hydrogen-bond acceptors (Lipinski definition) is 5. The number of rotatable bonds is 5. The summed E-state index contributed by atoms with van der Waals surface area (Å²) >= 11 is 5.78. The van der Waals surface area contributed by atoms with Crippen LogP contribution in [0.5, 0.6) is 0 Å². The molecule has 0 aliphatic heterocycles. The zero-order chi connectivity index (χ0) is 12.2. The summed E-state index contributed by atoms with van der Waals surface area (Å²) in [7, 11) is 0. The first kappa shape index (κ1) is 13.0. The molecule has 5 nitrogen and oxygen atoms in total. The molecular formula is C10H17ClN4O. The molecule has 3 N–H and O–H groups in total. The number of anilines is 2. The molecule has 0 saturated carbocycles. The van der Waals surface area contributed by atoms with E-state index in [0.717, 1.165) is 0 Å². The third kappa shape index (κ3) is 3.50. The fourth-order valence-electron chi connectivity index (χ4n) is 1.25. The number of nitrogens with one attached hydrogen (secondary N) is 1. The molecule has 1 heterocycles. The van der Waals surface area contributed by atoms with Crippen molar-refractivity contribution < 1.29 is 4.74 Å². The van der Waals surface area contributed by atoms with Gasteiger partial charge in [0.2, 0.25) is 0 Å². The van der Waals surface area contributed by atoms with E-state index in [1.165, 1.54) is 6.33 Å². The minimum atomic E-state index is -0.279. The third-order valence-corrected chi connectivity index (χ3v) is 2.35. The Morgan fingerprint density at radius 2 is 2.19 bits per heavy atom. The van der Waals surface area contributed by atoms with Crippen LogP contribution in [0.15, 0.2) is 6.33 Å². The van der Waals surface area contributed by atoms with Crippen LogP contribution in [0.2, 0.25) is 5.15 Å². The van der Waals surface area contributed by atoms with Crippen molar-refractivity contribution in [3.8, 4) is 0 Å². The largest absolute Gasteiger partial charge is 0.393 e. The molecule has 0 atom stereocenters. The highest BCUT2D eigenvalue weighted by molar-refractivity contribution is 6.32. The Morgan fingerprint density at radius 1 is 1.50 bits per heavy atom. The lowest BCUT2D eigenvalue weighted by Crippen LogP contribution is -2.33. The summed E-state index contributed by atoms with van der Waals surface area (Å²) in [5.74, 6) is 0.535. The minimum absolute atomic E-state index is 0.256. The van der Waals surface area contributed by atoms with Crippen LogP contribution >= 0.6 is 11.6 Å². The van der Waals surface area contributed by atoms with E-state index in [1.54, 1.807) is 0 Å². The average molecular weight is 245 g/mol. The summed E-state index contributed by atoms with van der Waals surface area (Å²) in [4.78, 5) is 7.79. The van der Waals surface area contributed by atoms with Gasteiger partial charge in [0.25, 0.3) is 0 Å². The molecule has 0 saturated heterocycles. The summed E-state index contributed by atoms with van der Waals surface area (Å²) in [5.41, 5.74) is 5.80. The summed E-state index contributed by atoms with van der Waals surface area (Å²) in [6, 6.07) is 0. The predicted octanol–water partition coefficient (Wildman–Crippen LogP) is 1.94. The van der Waals surface area contributed by atoms with Crippen molar-refractivity contribution in [1.82, 2.24) is 9.97 Å². The number of nitrogens with two attached hydrogens (primary N) is 1. The van der Waals surface area contributed by atoms with Crippen molar-refractivity contribution in [2.45, 2.75) is 26.4 Å². The molecule has 90 valence electrons. The number of nitrogens with zero attached hydrogens (tertiary/aromatic N) is 2. The maximum Gasteiger partial charge on any atom is 0.157 e. The first-order valence-electron chi connectivity index (χ1n) is 5.10.